The molecule has 0 atom stereocenters. The van der Waals surface area contributed by atoms with Gasteiger partial charge >= 0.3 is 0 Å². The van der Waals surface area contributed by atoms with E-state index in [1.807, 2.05) is 26.8 Å². The van der Waals surface area contributed by atoms with Gasteiger partial charge in [0.1, 0.15) is 0 Å². The SMILES string of the molecule is CC(C)(C)N(NC(=O)c1ccccc1)C(=O)c1cc(Cl)cc(Cl)c1. The van der Waals surface area contributed by atoms with Gasteiger partial charge in [-0.15, -0.1) is 0 Å². The summed E-state index contributed by atoms with van der Waals surface area (Å²) in [5, 5.41) is 1.99. The van der Waals surface area contributed by atoms with Gasteiger partial charge in [0.2, 0.25) is 0 Å². The molecule has 0 saturated carbocycles. The van der Waals surface area contributed by atoms with Crippen LogP contribution in [0.3, 0.4) is 0 Å². The second kappa shape index (κ2) is 7.24. The van der Waals surface area contributed by atoms with Crippen molar-refractivity contribution in [2.75, 3.05) is 0 Å². The van der Waals surface area contributed by atoms with Crippen LogP contribution < -0.4 is 5.43 Å². The third-order valence-electron chi connectivity index (χ3n) is 3.23. The highest BCUT2D eigenvalue weighted by molar-refractivity contribution is 6.35. The van der Waals surface area contributed by atoms with Gasteiger partial charge in [0.25, 0.3) is 11.8 Å². The second-order valence-corrected chi connectivity index (χ2v) is 7.15. The van der Waals surface area contributed by atoms with Crippen molar-refractivity contribution in [1.29, 1.82) is 0 Å². The van der Waals surface area contributed by atoms with Gasteiger partial charge in [-0.1, -0.05) is 41.4 Å². The summed E-state index contributed by atoms with van der Waals surface area (Å²) >= 11 is 11.9. The maximum Gasteiger partial charge on any atom is 0.272 e. The van der Waals surface area contributed by atoms with E-state index >= 15 is 0 Å². The van der Waals surface area contributed by atoms with Crippen LogP contribution in [-0.4, -0.2) is 22.4 Å². The zero-order valence-corrected chi connectivity index (χ0v) is 15.2. The third-order valence-corrected chi connectivity index (χ3v) is 3.67. The quantitative estimate of drug-likeness (QED) is 0.792. The van der Waals surface area contributed by atoms with Gasteiger partial charge in [-0.25, -0.2) is 5.01 Å². The first-order valence-corrected chi connectivity index (χ1v) is 8.11. The van der Waals surface area contributed by atoms with Gasteiger partial charge in [-0.2, -0.15) is 0 Å². The van der Waals surface area contributed by atoms with Crippen LogP contribution in [-0.2, 0) is 0 Å². The molecular formula is C18H18Cl2N2O2. The monoisotopic (exact) mass is 364 g/mol. The molecule has 0 fully saturated rings. The molecule has 0 unspecified atom stereocenters. The van der Waals surface area contributed by atoms with E-state index in [1.54, 1.807) is 30.3 Å². The molecule has 2 aromatic rings. The van der Waals surface area contributed by atoms with E-state index in [9.17, 15) is 9.59 Å². The molecule has 126 valence electrons. The van der Waals surface area contributed by atoms with E-state index in [2.05, 4.69) is 5.43 Å². The Bertz CT molecular complexity index is 735. The van der Waals surface area contributed by atoms with Crippen molar-refractivity contribution in [3.63, 3.8) is 0 Å². The van der Waals surface area contributed by atoms with Crippen molar-refractivity contribution in [2.24, 2.45) is 0 Å². The fraction of sp³-hybridized carbons (Fsp3) is 0.222. The molecular weight excluding hydrogens is 347 g/mol. The summed E-state index contributed by atoms with van der Waals surface area (Å²) < 4.78 is 0. The Kier molecular flexibility index (Phi) is 5.52. The Balaban J connectivity index is 2.32. The Labute approximate surface area is 151 Å². The number of hydrazine groups is 1. The first kappa shape index (κ1) is 18.3. The molecule has 2 aromatic carbocycles. The zero-order chi connectivity index (χ0) is 17.9. The molecule has 0 aliphatic carbocycles. The predicted molar refractivity (Wildman–Crippen MR) is 96.3 cm³/mol. The summed E-state index contributed by atoms with van der Waals surface area (Å²) in [5.41, 5.74) is 2.79. The minimum absolute atomic E-state index is 0.302. The summed E-state index contributed by atoms with van der Waals surface area (Å²) in [6, 6.07) is 13.3. The van der Waals surface area contributed by atoms with Gasteiger partial charge < -0.3 is 0 Å². The summed E-state index contributed by atoms with van der Waals surface area (Å²) in [4.78, 5) is 25.3. The minimum atomic E-state index is -0.643. The minimum Gasteiger partial charge on any atom is -0.267 e. The zero-order valence-electron chi connectivity index (χ0n) is 13.6. The number of rotatable bonds is 2. The van der Waals surface area contributed by atoms with E-state index in [1.165, 1.54) is 17.1 Å². The van der Waals surface area contributed by atoms with Crippen molar-refractivity contribution in [3.8, 4) is 0 Å². The van der Waals surface area contributed by atoms with Gasteiger partial charge in [0, 0.05) is 21.2 Å². The number of carbonyl (C=O) groups is 2. The van der Waals surface area contributed by atoms with Gasteiger partial charge in [0.05, 0.1) is 5.54 Å². The van der Waals surface area contributed by atoms with Crippen LogP contribution in [0.25, 0.3) is 0 Å². The van der Waals surface area contributed by atoms with E-state index in [4.69, 9.17) is 23.2 Å². The lowest BCUT2D eigenvalue weighted by Gasteiger charge is -2.35. The van der Waals surface area contributed by atoms with Crippen LogP contribution >= 0.6 is 23.2 Å². The number of nitrogens with zero attached hydrogens (tertiary/aromatic N) is 1. The molecule has 24 heavy (non-hydrogen) atoms. The Morgan fingerprint density at radius 2 is 1.46 bits per heavy atom. The summed E-state index contributed by atoms with van der Waals surface area (Å²) in [6.45, 7) is 5.47. The van der Waals surface area contributed by atoms with E-state index in [0.29, 0.717) is 21.2 Å². The van der Waals surface area contributed by atoms with Crippen molar-refractivity contribution < 1.29 is 9.59 Å². The Morgan fingerprint density at radius 1 is 0.917 bits per heavy atom. The normalized spacial score (nSPS) is 11.0. The largest absolute Gasteiger partial charge is 0.272 e. The first-order chi connectivity index (χ1) is 11.2. The molecule has 0 saturated heterocycles. The van der Waals surface area contributed by atoms with Crippen molar-refractivity contribution in [2.45, 2.75) is 26.3 Å². The third kappa shape index (κ3) is 4.49. The predicted octanol–water partition coefficient (Wildman–Crippen LogP) is 4.58. The number of nitrogens with one attached hydrogen (secondary N) is 1. The highest BCUT2D eigenvalue weighted by Crippen LogP contribution is 2.22. The number of hydrogen-bond donors (Lipinski definition) is 1. The van der Waals surface area contributed by atoms with E-state index in [-0.39, 0.29) is 5.91 Å². The average molecular weight is 365 g/mol. The van der Waals surface area contributed by atoms with Crippen LogP contribution in [0.4, 0.5) is 0 Å². The molecule has 4 nitrogen and oxygen atoms in total. The van der Waals surface area contributed by atoms with Crippen LogP contribution in [0, 0.1) is 0 Å². The number of benzene rings is 2. The summed E-state index contributed by atoms with van der Waals surface area (Å²) in [7, 11) is 0. The van der Waals surface area contributed by atoms with Crippen LogP contribution in [0.5, 0.6) is 0 Å². The molecule has 0 radical (unpaired) electrons. The smallest absolute Gasteiger partial charge is 0.267 e. The molecule has 6 heteroatoms. The molecule has 2 rings (SSSR count). The lowest BCUT2D eigenvalue weighted by molar-refractivity contribution is 0.0358. The molecule has 1 N–H and O–H groups in total. The van der Waals surface area contributed by atoms with Crippen LogP contribution in [0.1, 0.15) is 41.5 Å². The highest BCUT2D eigenvalue weighted by Gasteiger charge is 2.30. The van der Waals surface area contributed by atoms with Gasteiger partial charge in [-0.3, -0.25) is 15.0 Å². The molecule has 0 aliphatic heterocycles. The number of hydrogen-bond acceptors (Lipinski definition) is 2. The maximum atomic E-state index is 12.9. The van der Waals surface area contributed by atoms with Crippen molar-refractivity contribution in [3.05, 3.63) is 69.7 Å². The molecule has 0 heterocycles. The molecule has 2 amide bonds. The van der Waals surface area contributed by atoms with Crippen molar-refractivity contribution in [1.82, 2.24) is 10.4 Å². The number of halogens is 2. The average Bonchev–Trinajstić information content (AvgIpc) is 2.50. The van der Waals surface area contributed by atoms with E-state index < -0.39 is 11.4 Å². The van der Waals surface area contributed by atoms with E-state index in [0.717, 1.165) is 0 Å². The maximum absolute atomic E-state index is 12.9. The Morgan fingerprint density at radius 3 is 1.96 bits per heavy atom. The first-order valence-electron chi connectivity index (χ1n) is 7.35. The van der Waals surface area contributed by atoms with Gasteiger partial charge in [0.15, 0.2) is 0 Å². The lowest BCUT2D eigenvalue weighted by Crippen LogP contribution is -2.55. The summed E-state index contributed by atoms with van der Waals surface area (Å²) in [6.07, 6.45) is 0. The highest BCUT2D eigenvalue weighted by atomic mass is 35.5. The molecule has 0 aromatic heterocycles. The molecule has 0 aliphatic rings. The standard InChI is InChI=1S/C18H18Cl2N2O2/c1-18(2,3)22(21-16(23)12-7-5-4-6-8-12)17(24)13-9-14(19)11-15(20)10-13/h4-11H,1-3H3,(H,21,23). The second-order valence-electron chi connectivity index (χ2n) is 6.28. The fourth-order valence-electron chi connectivity index (χ4n) is 2.09. The number of carbonyl (C=O) groups excluding carboxylic acids is 2. The number of amides is 2. The topological polar surface area (TPSA) is 49.4 Å². The lowest BCUT2D eigenvalue weighted by atomic mass is 10.1. The van der Waals surface area contributed by atoms with Crippen molar-refractivity contribution >= 4 is 35.0 Å². The Hall–Kier alpha value is -2.04. The summed E-state index contributed by atoms with van der Waals surface area (Å²) in [5.74, 6) is -0.761. The van der Waals surface area contributed by atoms with Crippen LogP contribution in [0.2, 0.25) is 10.0 Å². The van der Waals surface area contributed by atoms with Crippen LogP contribution in [0.15, 0.2) is 48.5 Å². The molecule has 0 spiro atoms. The molecule has 0 bridgehead atoms. The fourth-order valence-corrected chi connectivity index (χ4v) is 2.61. The van der Waals surface area contributed by atoms with Gasteiger partial charge in [-0.05, 0) is 51.1 Å².